The Kier molecular flexibility index (Phi) is 5.16. The number of hydrogen-bond acceptors (Lipinski definition) is 4. The molecule has 0 atom stereocenters. The van der Waals surface area contributed by atoms with Gasteiger partial charge in [0.05, 0.1) is 16.3 Å². The van der Waals surface area contributed by atoms with Crippen molar-refractivity contribution in [1.29, 1.82) is 0 Å². The number of benzene rings is 1. The maximum absolute atomic E-state index is 13.2. The molecule has 5 rings (SSSR count). The SMILES string of the molecule is CC(C)c1cnc2[nH]cc(-c3cccc(N4CCC4)c3)c2c1NS(=O)(=O)C1CCCC1. The molecule has 1 saturated heterocycles. The van der Waals surface area contributed by atoms with Gasteiger partial charge in [-0.05, 0) is 48.4 Å². The van der Waals surface area contributed by atoms with Crippen molar-refractivity contribution in [2.45, 2.75) is 57.1 Å². The lowest BCUT2D eigenvalue weighted by atomic mass is 9.98. The summed E-state index contributed by atoms with van der Waals surface area (Å²) in [4.78, 5) is 10.2. The molecule has 3 aromatic rings. The molecule has 2 fully saturated rings. The van der Waals surface area contributed by atoms with E-state index in [4.69, 9.17) is 0 Å². The van der Waals surface area contributed by atoms with Gasteiger partial charge in [-0.2, -0.15) is 0 Å². The van der Waals surface area contributed by atoms with Crippen molar-refractivity contribution in [3.8, 4) is 11.1 Å². The third kappa shape index (κ3) is 3.69. The molecule has 0 unspecified atom stereocenters. The van der Waals surface area contributed by atoms with Crippen LogP contribution in [0.3, 0.4) is 0 Å². The van der Waals surface area contributed by atoms with Crippen LogP contribution in [0.5, 0.6) is 0 Å². The lowest BCUT2D eigenvalue weighted by Crippen LogP contribution is -2.36. The molecule has 0 radical (unpaired) electrons. The fraction of sp³-hybridized carbons (Fsp3) is 0.458. The first-order valence-electron chi connectivity index (χ1n) is 11.3. The highest BCUT2D eigenvalue weighted by Gasteiger charge is 2.31. The summed E-state index contributed by atoms with van der Waals surface area (Å²) in [7, 11) is -3.45. The van der Waals surface area contributed by atoms with Crippen LogP contribution in [0.1, 0.15) is 57.4 Å². The summed E-state index contributed by atoms with van der Waals surface area (Å²) < 4.78 is 29.5. The minimum absolute atomic E-state index is 0.147. The highest BCUT2D eigenvalue weighted by atomic mass is 32.2. The number of aromatic amines is 1. The average Bonchev–Trinajstić information content (AvgIpc) is 3.37. The van der Waals surface area contributed by atoms with Gasteiger partial charge in [0, 0.05) is 36.7 Å². The first-order chi connectivity index (χ1) is 14.9. The lowest BCUT2D eigenvalue weighted by Gasteiger charge is -2.33. The van der Waals surface area contributed by atoms with Gasteiger partial charge in [0.25, 0.3) is 0 Å². The number of rotatable bonds is 6. The molecular formula is C24H30N4O2S. The minimum Gasteiger partial charge on any atom is -0.371 e. The maximum atomic E-state index is 13.2. The zero-order chi connectivity index (χ0) is 21.6. The van der Waals surface area contributed by atoms with Gasteiger partial charge < -0.3 is 9.88 Å². The Morgan fingerprint density at radius 2 is 1.94 bits per heavy atom. The second-order valence-corrected chi connectivity index (χ2v) is 11.1. The van der Waals surface area contributed by atoms with Crippen molar-refractivity contribution in [2.75, 3.05) is 22.7 Å². The van der Waals surface area contributed by atoms with E-state index in [1.54, 1.807) is 6.20 Å². The summed E-state index contributed by atoms with van der Waals surface area (Å²) in [5.74, 6) is 0.147. The van der Waals surface area contributed by atoms with Crippen LogP contribution in [-0.2, 0) is 10.0 Å². The van der Waals surface area contributed by atoms with Crippen molar-refractivity contribution in [1.82, 2.24) is 9.97 Å². The Hall–Kier alpha value is -2.54. The molecule has 2 aliphatic rings. The van der Waals surface area contributed by atoms with Crippen LogP contribution in [0.2, 0.25) is 0 Å². The van der Waals surface area contributed by atoms with Gasteiger partial charge in [0.2, 0.25) is 10.0 Å². The van der Waals surface area contributed by atoms with Gasteiger partial charge in [0.1, 0.15) is 5.65 Å². The van der Waals surface area contributed by atoms with Crippen molar-refractivity contribution in [3.63, 3.8) is 0 Å². The van der Waals surface area contributed by atoms with Gasteiger partial charge >= 0.3 is 0 Å². The summed E-state index contributed by atoms with van der Waals surface area (Å²) in [6, 6.07) is 8.49. The van der Waals surface area contributed by atoms with E-state index in [2.05, 4.69) is 57.7 Å². The van der Waals surface area contributed by atoms with E-state index >= 15 is 0 Å². The molecular weight excluding hydrogens is 408 g/mol. The van der Waals surface area contributed by atoms with Gasteiger partial charge in [0.15, 0.2) is 0 Å². The number of fused-ring (bicyclic) bond motifs is 1. The Balaban J connectivity index is 1.65. The number of nitrogens with one attached hydrogen (secondary N) is 2. The summed E-state index contributed by atoms with van der Waals surface area (Å²) >= 11 is 0. The van der Waals surface area contributed by atoms with Crippen LogP contribution in [0.15, 0.2) is 36.7 Å². The molecule has 31 heavy (non-hydrogen) atoms. The fourth-order valence-corrected chi connectivity index (χ4v) is 6.38. The zero-order valence-electron chi connectivity index (χ0n) is 18.2. The standard InChI is InChI=1S/C24H30N4O2S/c1-16(2)20-14-25-24-22(23(20)27-31(29,30)19-9-3-4-10-19)21(15-26-24)17-7-5-8-18(13-17)28-11-6-12-28/h5,7-8,13-16,19H,3-4,6,9-12H2,1-2H3,(H2,25,26,27). The summed E-state index contributed by atoms with van der Waals surface area (Å²) in [6.45, 7) is 6.33. The van der Waals surface area contributed by atoms with E-state index in [0.717, 1.165) is 60.8 Å². The number of pyridine rings is 1. The largest absolute Gasteiger partial charge is 0.371 e. The van der Waals surface area contributed by atoms with Crippen LogP contribution < -0.4 is 9.62 Å². The van der Waals surface area contributed by atoms with Gasteiger partial charge in [-0.1, -0.05) is 38.8 Å². The lowest BCUT2D eigenvalue weighted by molar-refractivity contribution is 0.585. The molecule has 164 valence electrons. The first kappa shape index (κ1) is 20.4. The van der Waals surface area contributed by atoms with Gasteiger partial charge in [-0.3, -0.25) is 4.72 Å². The fourth-order valence-electron chi connectivity index (χ4n) is 4.75. The highest BCUT2D eigenvalue weighted by Crippen LogP contribution is 2.40. The van der Waals surface area contributed by atoms with Crippen LogP contribution in [0, 0.1) is 0 Å². The molecule has 7 heteroatoms. The van der Waals surface area contributed by atoms with Crippen LogP contribution in [0.25, 0.3) is 22.2 Å². The number of nitrogens with zero attached hydrogens (tertiary/aromatic N) is 2. The number of anilines is 2. The second-order valence-electron chi connectivity index (χ2n) is 9.11. The first-order valence-corrected chi connectivity index (χ1v) is 12.9. The van der Waals surface area contributed by atoms with Crippen molar-refractivity contribution >= 4 is 32.4 Å². The smallest absolute Gasteiger partial charge is 0.235 e. The van der Waals surface area contributed by atoms with E-state index in [9.17, 15) is 8.42 Å². The number of aromatic nitrogens is 2. The Morgan fingerprint density at radius 3 is 2.61 bits per heavy atom. The molecule has 0 bridgehead atoms. The van der Waals surface area contributed by atoms with E-state index in [-0.39, 0.29) is 11.2 Å². The second kappa shape index (κ2) is 7.86. The topological polar surface area (TPSA) is 78.1 Å². The van der Waals surface area contributed by atoms with Crippen molar-refractivity contribution in [2.24, 2.45) is 0 Å². The quantitative estimate of drug-likeness (QED) is 0.551. The molecule has 1 aliphatic carbocycles. The molecule has 1 saturated carbocycles. The molecule has 1 aromatic carbocycles. The normalized spacial score (nSPS) is 17.5. The average molecular weight is 439 g/mol. The van der Waals surface area contributed by atoms with Crippen LogP contribution >= 0.6 is 0 Å². The summed E-state index contributed by atoms with van der Waals surface area (Å²) in [5.41, 5.74) is 5.57. The van der Waals surface area contributed by atoms with E-state index < -0.39 is 10.0 Å². The minimum atomic E-state index is -3.45. The Morgan fingerprint density at radius 1 is 1.16 bits per heavy atom. The Labute approximate surface area is 184 Å². The molecule has 2 aromatic heterocycles. The van der Waals surface area contributed by atoms with Crippen LogP contribution in [0.4, 0.5) is 11.4 Å². The third-order valence-electron chi connectivity index (χ3n) is 6.72. The monoisotopic (exact) mass is 438 g/mol. The van der Waals surface area contributed by atoms with Gasteiger partial charge in [-0.15, -0.1) is 0 Å². The highest BCUT2D eigenvalue weighted by molar-refractivity contribution is 7.93. The molecule has 6 nitrogen and oxygen atoms in total. The predicted octanol–water partition coefficient (Wildman–Crippen LogP) is 5.25. The predicted molar refractivity (Wildman–Crippen MR) is 127 cm³/mol. The molecule has 0 spiro atoms. The van der Waals surface area contributed by atoms with E-state index in [1.807, 2.05) is 6.20 Å². The third-order valence-corrected chi connectivity index (χ3v) is 8.55. The van der Waals surface area contributed by atoms with Gasteiger partial charge in [-0.25, -0.2) is 13.4 Å². The molecule has 1 aliphatic heterocycles. The number of hydrogen-bond donors (Lipinski definition) is 2. The van der Waals surface area contributed by atoms with E-state index in [1.165, 1.54) is 12.1 Å². The molecule has 0 amide bonds. The Bertz CT molecular complexity index is 1210. The van der Waals surface area contributed by atoms with Crippen molar-refractivity contribution in [3.05, 3.63) is 42.2 Å². The van der Waals surface area contributed by atoms with Crippen molar-refractivity contribution < 1.29 is 8.42 Å². The maximum Gasteiger partial charge on any atom is 0.235 e. The summed E-state index contributed by atoms with van der Waals surface area (Å²) in [6.07, 6.45) is 8.41. The summed E-state index contributed by atoms with van der Waals surface area (Å²) in [5, 5.41) is 0.543. The zero-order valence-corrected chi connectivity index (χ0v) is 19.0. The van der Waals surface area contributed by atoms with E-state index in [0.29, 0.717) is 11.3 Å². The number of H-pyrrole nitrogens is 1. The molecule has 2 N–H and O–H groups in total. The van der Waals surface area contributed by atoms with Crippen LogP contribution in [-0.4, -0.2) is 36.7 Å². The number of sulfonamides is 1. The molecule has 3 heterocycles.